The molecule has 2 aromatic rings. The Morgan fingerprint density at radius 1 is 1.30 bits per heavy atom. The lowest BCUT2D eigenvalue weighted by Crippen LogP contribution is -2.21. The van der Waals surface area contributed by atoms with Crippen LogP contribution in [0.2, 0.25) is 0 Å². The van der Waals surface area contributed by atoms with Crippen molar-refractivity contribution >= 4 is 15.9 Å². The van der Waals surface area contributed by atoms with E-state index >= 15 is 0 Å². The van der Waals surface area contributed by atoms with E-state index in [2.05, 4.69) is 31.4 Å². The Balaban J connectivity index is 2.58. The van der Waals surface area contributed by atoms with Crippen molar-refractivity contribution in [1.29, 1.82) is 0 Å². The predicted octanol–water partition coefficient (Wildman–Crippen LogP) is 3.56. The zero-order valence-electron chi connectivity index (χ0n) is 11.7. The minimum Gasteiger partial charge on any atom is -0.309 e. The van der Waals surface area contributed by atoms with Crippen LogP contribution in [0.1, 0.15) is 35.5 Å². The molecule has 1 aromatic heterocycles. The van der Waals surface area contributed by atoms with Crippen LogP contribution >= 0.6 is 15.9 Å². The number of aromatic nitrogens is 2. The minimum absolute atomic E-state index is 0.239. The van der Waals surface area contributed by atoms with Gasteiger partial charge in [0.2, 0.25) is 0 Å². The number of hydrogen-bond donors (Lipinski definition) is 1. The fraction of sp³-hybridized carbons (Fsp3) is 0.333. The number of nitrogens with one attached hydrogen (secondary N) is 1. The second-order valence-corrected chi connectivity index (χ2v) is 5.46. The molecule has 1 atom stereocenters. The van der Waals surface area contributed by atoms with Gasteiger partial charge in [-0.05, 0) is 54.0 Å². The highest BCUT2D eigenvalue weighted by molar-refractivity contribution is 9.10. The third kappa shape index (κ3) is 2.88. The van der Waals surface area contributed by atoms with Gasteiger partial charge in [-0.3, -0.25) is 0 Å². The fourth-order valence-electron chi connectivity index (χ4n) is 2.28. The van der Waals surface area contributed by atoms with E-state index in [-0.39, 0.29) is 11.9 Å². The first kappa shape index (κ1) is 15.1. The van der Waals surface area contributed by atoms with Crippen LogP contribution in [0, 0.1) is 12.7 Å². The molecule has 0 aliphatic heterocycles. The second-order valence-electron chi connectivity index (χ2n) is 4.61. The highest BCUT2D eigenvalue weighted by atomic mass is 79.9. The molecule has 2 rings (SSSR count). The van der Waals surface area contributed by atoms with Crippen LogP contribution in [0.4, 0.5) is 4.39 Å². The van der Waals surface area contributed by atoms with Crippen LogP contribution in [0.25, 0.3) is 0 Å². The summed E-state index contributed by atoms with van der Waals surface area (Å²) >= 11 is 3.24. The van der Waals surface area contributed by atoms with Gasteiger partial charge in [0.25, 0.3) is 0 Å². The van der Waals surface area contributed by atoms with Crippen LogP contribution in [-0.4, -0.2) is 17.2 Å². The van der Waals surface area contributed by atoms with E-state index in [0.29, 0.717) is 10.0 Å². The first-order valence-electron chi connectivity index (χ1n) is 6.52. The molecule has 0 radical (unpaired) electrons. The van der Waals surface area contributed by atoms with Crippen molar-refractivity contribution in [2.24, 2.45) is 0 Å². The molecule has 0 fully saturated rings. The monoisotopic (exact) mass is 337 g/mol. The molecule has 0 aliphatic carbocycles. The maximum atomic E-state index is 14.3. The summed E-state index contributed by atoms with van der Waals surface area (Å²) in [5, 5.41) is 11.5. The van der Waals surface area contributed by atoms with Gasteiger partial charge in [-0.25, -0.2) is 4.39 Å². The van der Waals surface area contributed by atoms with Gasteiger partial charge in [0.1, 0.15) is 5.82 Å². The maximum absolute atomic E-state index is 14.3. The van der Waals surface area contributed by atoms with Gasteiger partial charge >= 0.3 is 0 Å². The highest BCUT2D eigenvalue weighted by Gasteiger charge is 2.21. The van der Waals surface area contributed by atoms with Crippen molar-refractivity contribution in [3.63, 3.8) is 0 Å². The van der Waals surface area contributed by atoms with Gasteiger partial charge in [0.05, 0.1) is 21.9 Å². The molecule has 1 heterocycles. The molecule has 0 spiro atoms. The van der Waals surface area contributed by atoms with E-state index in [9.17, 15) is 4.39 Å². The zero-order chi connectivity index (χ0) is 14.7. The van der Waals surface area contributed by atoms with Crippen molar-refractivity contribution in [3.05, 3.63) is 57.1 Å². The Bertz CT molecular complexity index is 616. The van der Waals surface area contributed by atoms with Crippen molar-refractivity contribution in [1.82, 2.24) is 15.5 Å². The molecule has 0 amide bonds. The molecule has 106 valence electrons. The average molecular weight is 338 g/mol. The van der Waals surface area contributed by atoms with Crippen LogP contribution in [-0.2, 0) is 6.42 Å². The van der Waals surface area contributed by atoms with E-state index in [1.54, 1.807) is 12.1 Å². The lowest BCUT2D eigenvalue weighted by atomic mass is 9.96. The van der Waals surface area contributed by atoms with E-state index in [4.69, 9.17) is 0 Å². The summed E-state index contributed by atoms with van der Waals surface area (Å²) in [4.78, 5) is 0. The quantitative estimate of drug-likeness (QED) is 0.926. The van der Waals surface area contributed by atoms with Crippen LogP contribution in [0.15, 0.2) is 28.7 Å². The summed E-state index contributed by atoms with van der Waals surface area (Å²) in [6.07, 6.45) is 0.760. The Morgan fingerprint density at radius 2 is 2.05 bits per heavy atom. The lowest BCUT2D eigenvalue weighted by molar-refractivity contribution is 0.567. The first-order chi connectivity index (χ1) is 9.58. The zero-order valence-corrected chi connectivity index (χ0v) is 13.3. The number of rotatable bonds is 4. The number of nitrogens with zero attached hydrogens (tertiary/aromatic N) is 2. The molecular weight excluding hydrogens is 321 g/mol. The average Bonchev–Trinajstić information content (AvgIpc) is 2.44. The third-order valence-corrected chi connectivity index (χ3v) is 3.87. The molecule has 0 saturated heterocycles. The van der Waals surface area contributed by atoms with Crippen molar-refractivity contribution in [2.75, 3.05) is 7.05 Å². The van der Waals surface area contributed by atoms with Crippen molar-refractivity contribution in [3.8, 4) is 0 Å². The van der Waals surface area contributed by atoms with Gasteiger partial charge in [0, 0.05) is 5.56 Å². The summed E-state index contributed by atoms with van der Waals surface area (Å²) in [5.74, 6) is -0.247. The number of hydrogen-bond acceptors (Lipinski definition) is 3. The fourth-order valence-corrected chi connectivity index (χ4v) is 2.66. The molecule has 0 saturated carbocycles. The van der Waals surface area contributed by atoms with E-state index in [0.717, 1.165) is 23.4 Å². The molecule has 1 unspecified atom stereocenters. The topological polar surface area (TPSA) is 37.8 Å². The van der Waals surface area contributed by atoms with Gasteiger partial charge in [-0.2, -0.15) is 10.2 Å². The smallest absolute Gasteiger partial charge is 0.142 e. The Hall–Kier alpha value is -1.33. The summed E-state index contributed by atoms with van der Waals surface area (Å²) < 4.78 is 14.8. The largest absolute Gasteiger partial charge is 0.309 e. The van der Waals surface area contributed by atoms with Crippen LogP contribution < -0.4 is 5.32 Å². The lowest BCUT2D eigenvalue weighted by Gasteiger charge is -2.20. The molecule has 5 heteroatoms. The molecular formula is C15H17BrFN3. The highest BCUT2D eigenvalue weighted by Crippen LogP contribution is 2.29. The summed E-state index contributed by atoms with van der Waals surface area (Å²) in [5.41, 5.74) is 3.28. The Morgan fingerprint density at radius 3 is 2.70 bits per heavy atom. The van der Waals surface area contributed by atoms with Gasteiger partial charge < -0.3 is 5.32 Å². The summed E-state index contributed by atoms with van der Waals surface area (Å²) in [6, 6.07) is 7.04. The molecule has 0 bridgehead atoms. The van der Waals surface area contributed by atoms with Gasteiger partial charge in [-0.15, -0.1) is 0 Å². The summed E-state index contributed by atoms with van der Waals surface area (Å²) in [6.45, 7) is 3.91. The van der Waals surface area contributed by atoms with E-state index < -0.39 is 0 Å². The molecule has 0 aliphatic rings. The molecule has 1 N–H and O–H groups in total. The number of aryl methyl sites for hydroxylation is 2. The first-order valence-corrected chi connectivity index (χ1v) is 7.32. The van der Waals surface area contributed by atoms with E-state index in [1.165, 1.54) is 0 Å². The Kier molecular flexibility index (Phi) is 4.83. The number of benzene rings is 1. The van der Waals surface area contributed by atoms with Crippen molar-refractivity contribution in [2.45, 2.75) is 26.3 Å². The SMILES string of the molecule is CCc1nnc(C)cc1C(NC)c1cccc(Br)c1F. The second kappa shape index (κ2) is 6.41. The maximum Gasteiger partial charge on any atom is 0.142 e. The Labute approximate surface area is 126 Å². The van der Waals surface area contributed by atoms with E-state index in [1.807, 2.05) is 33.0 Å². The number of halogens is 2. The predicted molar refractivity (Wildman–Crippen MR) is 81.1 cm³/mol. The third-order valence-electron chi connectivity index (χ3n) is 3.25. The normalized spacial score (nSPS) is 12.4. The summed E-state index contributed by atoms with van der Waals surface area (Å²) in [7, 11) is 1.82. The molecule has 3 nitrogen and oxygen atoms in total. The standard InChI is InChI=1S/C15H17BrFN3/c1-4-13-11(8-9(2)19-20-13)15(18-3)10-6-5-7-12(16)14(10)17/h5-8,15,18H,4H2,1-3H3. The van der Waals surface area contributed by atoms with Gasteiger partial charge in [-0.1, -0.05) is 19.1 Å². The van der Waals surface area contributed by atoms with Crippen molar-refractivity contribution < 1.29 is 4.39 Å². The van der Waals surface area contributed by atoms with Gasteiger partial charge in [0.15, 0.2) is 0 Å². The molecule has 1 aromatic carbocycles. The van der Waals surface area contributed by atoms with Crippen LogP contribution in [0.5, 0.6) is 0 Å². The van der Waals surface area contributed by atoms with Crippen LogP contribution in [0.3, 0.4) is 0 Å². The molecule has 20 heavy (non-hydrogen) atoms. The minimum atomic E-state index is -0.247.